The second-order valence-electron chi connectivity index (χ2n) is 8.03. The van der Waals surface area contributed by atoms with Gasteiger partial charge in [0.15, 0.2) is 0 Å². The molecule has 8 heteroatoms. The van der Waals surface area contributed by atoms with E-state index in [0.29, 0.717) is 54.8 Å². The number of sulfonamides is 1. The topological polar surface area (TPSA) is 84.9 Å². The van der Waals surface area contributed by atoms with Crippen LogP contribution in [0.3, 0.4) is 0 Å². The molecule has 0 aromatic heterocycles. The fourth-order valence-corrected chi connectivity index (χ4v) is 5.39. The average molecular weight is 475 g/mol. The maximum atomic E-state index is 12.9. The summed E-state index contributed by atoms with van der Waals surface area (Å²) in [5, 5.41) is 2.90. The van der Waals surface area contributed by atoms with E-state index in [4.69, 9.17) is 9.47 Å². The van der Waals surface area contributed by atoms with Gasteiger partial charge in [-0.1, -0.05) is 25.0 Å². The molecule has 0 aliphatic carbocycles. The van der Waals surface area contributed by atoms with Crippen LogP contribution in [-0.2, 0) is 21.2 Å². The summed E-state index contributed by atoms with van der Waals surface area (Å²) in [5.74, 6) is 1.11. The molecule has 0 saturated carbocycles. The van der Waals surface area contributed by atoms with E-state index in [-0.39, 0.29) is 12.3 Å². The highest BCUT2D eigenvalue weighted by Gasteiger charge is 2.24. The molecule has 180 valence electrons. The third-order valence-electron chi connectivity index (χ3n) is 5.60. The molecule has 1 amide bonds. The SMILES string of the molecule is CCOc1ccc(OCC)c(NC(=O)CCc2ccc(S(=O)(=O)N3CCCCCC3)cc2)c1. The van der Waals surface area contributed by atoms with E-state index in [0.717, 1.165) is 31.2 Å². The molecule has 0 radical (unpaired) electrons. The normalized spacial score (nSPS) is 15.0. The minimum Gasteiger partial charge on any atom is -0.494 e. The number of anilines is 1. The third kappa shape index (κ3) is 6.95. The number of ether oxygens (including phenoxy) is 2. The Labute approximate surface area is 197 Å². The van der Waals surface area contributed by atoms with E-state index in [1.165, 1.54) is 0 Å². The van der Waals surface area contributed by atoms with Gasteiger partial charge in [0.05, 0.1) is 23.8 Å². The maximum absolute atomic E-state index is 12.9. The van der Waals surface area contributed by atoms with Gasteiger partial charge in [-0.15, -0.1) is 0 Å². The smallest absolute Gasteiger partial charge is 0.243 e. The summed E-state index contributed by atoms with van der Waals surface area (Å²) in [7, 11) is -3.46. The molecular formula is C25H34N2O5S. The summed E-state index contributed by atoms with van der Waals surface area (Å²) in [5.41, 5.74) is 1.49. The summed E-state index contributed by atoms with van der Waals surface area (Å²) in [6, 6.07) is 12.2. The van der Waals surface area contributed by atoms with Crippen LogP contribution in [0.5, 0.6) is 11.5 Å². The molecule has 7 nitrogen and oxygen atoms in total. The Morgan fingerprint density at radius 3 is 2.24 bits per heavy atom. The molecule has 0 spiro atoms. The molecule has 0 atom stereocenters. The van der Waals surface area contributed by atoms with Gasteiger partial charge >= 0.3 is 0 Å². The predicted molar refractivity (Wildman–Crippen MR) is 129 cm³/mol. The first-order valence-electron chi connectivity index (χ1n) is 11.7. The highest BCUT2D eigenvalue weighted by molar-refractivity contribution is 7.89. The molecular weight excluding hydrogens is 440 g/mol. The summed E-state index contributed by atoms with van der Waals surface area (Å²) in [6.45, 7) is 5.98. The molecule has 33 heavy (non-hydrogen) atoms. The number of carbonyl (C=O) groups excluding carboxylic acids is 1. The van der Waals surface area contributed by atoms with Gasteiger partial charge in [-0.25, -0.2) is 8.42 Å². The Hall–Kier alpha value is -2.58. The summed E-state index contributed by atoms with van der Waals surface area (Å²) < 4.78 is 38.6. The van der Waals surface area contributed by atoms with Crippen LogP contribution in [-0.4, -0.2) is 44.9 Å². The molecule has 2 aromatic rings. The van der Waals surface area contributed by atoms with Crippen molar-refractivity contribution in [3.63, 3.8) is 0 Å². The Morgan fingerprint density at radius 2 is 1.61 bits per heavy atom. The van der Waals surface area contributed by atoms with Gasteiger partial charge in [-0.3, -0.25) is 4.79 Å². The summed E-state index contributed by atoms with van der Waals surface area (Å²) in [6.07, 6.45) is 4.74. The van der Waals surface area contributed by atoms with Crippen LogP contribution in [0.4, 0.5) is 5.69 Å². The van der Waals surface area contributed by atoms with Crippen molar-refractivity contribution >= 4 is 21.6 Å². The standard InChI is InChI=1S/C25H34N2O5S/c1-3-31-21-12-15-24(32-4-2)23(19-21)26-25(28)16-11-20-9-13-22(14-10-20)33(29,30)27-17-7-5-6-8-18-27/h9-10,12-15,19H,3-8,11,16-18H2,1-2H3,(H,26,28). The van der Waals surface area contributed by atoms with E-state index in [9.17, 15) is 13.2 Å². The van der Waals surface area contributed by atoms with Crippen LogP contribution in [0, 0.1) is 0 Å². The van der Waals surface area contributed by atoms with Crippen molar-refractivity contribution in [2.45, 2.75) is 57.3 Å². The molecule has 3 rings (SSSR count). The Morgan fingerprint density at radius 1 is 0.939 bits per heavy atom. The number of carbonyl (C=O) groups is 1. The van der Waals surface area contributed by atoms with E-state index in [2.05, 4.69) is 5.32 Å². The zero-order valence-electron chi connectivity index (χ0n) is 19.5. The molecule has 0 bridgehead atoms. The van der Waals surface area contributed by atoms with E-state index >= 15 is 0 Å². The van der Waals surface area contributed by atoms with E-state index in [1.807, 2.05) is 19.9 Å². The van der Waals surface area contributed by atoms with Gasteiger partial charge in [0.25, 0.3) is 0 Å². The number of aryl methyl sites for hydroxylation is 1. The number of nitrogens with one attached hydrogen (secondary N) is 1. The van der Waals surface area contributed by atoms with Crippen molar-refractivity contribution in [1.82, 2.24) is 4.31 Å². The molecule has 1 N–H and O–H groups in total. The van der Waals surface area contributed by atoms with Crippen LogP contribution in [0.15, 0.2) is 47.4 Å². The zero-order valence-corrected chi connectivity index (χ0v) is 20.3. The molecule has 1 aliphatic heterocycles. The first-order valence-corrected chi connectivity index (χ1v) is 13.2. The highest BCUT2D eigenvalue weighted by Crippen LogP contribution is 2.30. The zero-order chi connectivity index (χ0) is 23.7. The van der Waals surface area contributed by atoms with Crippen molar-refractivity contribution < 1.29 is 22.7 Å². The fraction of sp³-hybridized carbons (Fsp3) is 0.480. The van der Waals surface area contributed by atoms with Crippen molar-refractivity contribution in [3.05, 3.63) is 48.0 Å². The van der Waals surface area contributed by atoms with Gasteiger partial charge in [-0.05, 0) is 62.9 Å². The summed E-state index contributed by atoms with van der Waals surface area (Å²) in [4.78, 5) is 12.9. The van der Waals surface area contributed by atoms with Crippen molar-refractivity contribution in [3.8, 4) is 11.5 Å². The first kappa shape index (κ1) is 25.1. The lowest BCUT2D eigenvalue weighted by atomic mass is 10.1. The van der Waals surface area contributed by atoms with E-state index in [1.54, 1.807) is 40.7 Å². The van der Waals surface area contributed by atoms with Gasteiger partial charge in [-0.2, -0.15) is 4.31 Å². The van der Waals surface area contributed by atoms with Crippen LogP contribution in [0.2, 0.25) is 0 Å². The fourth-order valence-electron chi connectivity index (χ4n) is 3.87. The van der Waals surface area contributed by atoms with E-state index < -0.39 is 10.0 Å². The van der Waals surface area contributed by atoms with Gasteiger partial charge in [0.1, 0.15) is 11.5 Å². The maximum Gasteiger partial charge on any atom is 0.243 e. The molecule has 1 fully saturated rings. The lowest BCUT2D eigenvalue weighted by molar-refractivity contribution is -0.116. The highest BCUT2D eigenvalue weighted by atomic mass is 32.2. The minimum atomic E-state index is -3.46. The number of hydrogen-bond donors (Lipinski definition) is 1. The van der Waals surface area contributed by atoms with Crippen LogP contribution in [0.1, 0.15) is 51.5 Å². The number of hydrogen-bond acceptors (Lipinski definition) is 5. The van der Waals surface area contributed by atoms with Gasteiger partial charge < -0.3 is 14.8 Å². The van der Waals surface area contributed by atoms with Gasteiger partial charge in [0.2, 0.25) is 15.9 Å². The van der Waals surface area contributed by atoms with Crippen LogP contribution < -0.4 is 14.8 Å². The number of rotatable bonds is 10. The second-order valence-corrected chi connectivity index (χ2v) is 9.97. The number of amides is 1. The minimum absolute atomic E-state index is 0.147. The lowest BCUT2D eigenvalue weighted by Crippen LogP contribution is -2.31. The summed E-state index contributed by atoms with van der Waals surface area (Å²) >= 11 is 0. The Kier molecular flexibility index (Phi) is 9.14. The first-order chi connectivity index (χ1) is 15.9. The second kappa shape index (κ2) is 12.0. The number of benzene rings is 2. The molecule has 1 aliphatic rings. The quantitative estimate of drug-likeness (QED) is 0.543. The molecule has 1 saturated heterocycles. The van der Waals surface area contributed by atoms with Crippen LogP contribution in [0.25, 0.3) is 0 Å². The Balaban J connectivity index is 1.60. The molecule has 1 heterocycles. The van der Waals surface area contributed by atoms with Crippen molar-refractivity contribution in [2.75, 3.05) is 31.6 Å². The largest absolute Gasteiger partial charge is 0.494 e. The van der Waals surface area contributed by atoms with Crippen molar-refractivity contribution in [1.29, 1.82) is 0 Å². The Bertz CT molecular complexity index is 1010. The third-order valence-corrected chi connectivity index (χ3v) is 7.52. The monoisotopic (exact) mass is 474 g/mol. The van der Waals surface area contributed by atoms with Crippen molar-refractivity contribution in [2.24, 2.45) is 0 Å². The molecule has 0 unspecified atom stereocenters. The van der Waals surface area contributed by atoms with Gasteiger partial charge in [0, 0.05) is 25.6 Å². The predicted octanol–water partition coefficient (Wildman–Crippen LogP) is 4.62. The lowest BCUT2D eigenvalue weighted by Gasteiger charge is -2.20. The molecule has 2 aromatic carbocycles. The average Bonchev–Trinajstić information content (AvgIpc) is 3.10. The van der Waals surface area contributed by atoms with Crippen LogP contribution >= 0.6 is 0 Å². The number of nitrogens with zero attached hydrogens (tertiary/aromatic N) is 1.